The van der Waals surface area contributed by atoms with Crippen LogP contribution in [0.5, 0.6) is 0 Å². The van der Waals surface area contributed by atoms with Crippen LogP contribution in [0.1, 0.15) is 23.4 Å². The number of benzene rings is 1. The molecule has 0 unspecified atom stereocenters. The zero-order chi connectivity index (χ0) is 15.4. The molecule has 1 N–H and O–H groups in total. The van der Waals surface area contributed by atoms with Crippen LogP contribution in [0.25, 0.3) is 0 Å². The van der Waals surface area contributed by atoms with Gasteiger partial charge in [0.15, 0.2) is 0 Å². The Morgan fingerprint density at radius 2 is 2.10 bits per heavy atom. The van der Waals surface area contributed by atoms with E-state index in [2.05, 4.69) is 10.4 Å². The molecule has 2 rings (SSSR count). The topological polar surface area (TPSA) is 73.0 Å². The molecule has 0 aliphatic carbocycles. The highest BCUT2D eigenvalue weighted by molar-refractivity contribution is 5.64. The lowest BCUT2D eigenvalue weighted by Gasteiger charge is -2.09. The van der Waals surface area contributed by atoms with E-state index in [1.54, 1.807) is 19.1 Å². The third-order valence-corrected chi connectivity index (χ3v) is 3.39. The maximum absolute atomic E-state index is 11.1. The number of hydrogen-bond acceptors (Lipinski definition) is 4. The molecule has 0 aliphatic rings. The number of nitrogens with zero attached hydrogens (tertiary/aromatic N) is 3. The number of rotatable bonds is 6. The van der Waals surface area contributed by atoms with Crippen LogP contribution in [-0.4, -0.2) is 21.2 Å². The minimum atomic E-state index is -0.335. The summed E-state index contributed by atoms with van der Waals surface area (Å²) in [6, 6.07) is 7.36. The lowest BCUT2D eigenvalue weighted by Crippen LogP contribution is -2.10. The Balaban J connectivity index is 1.94. The van der Waals surface area contributed by atoms with Crippen LogP contribution < -0.4 is 5.32 Å². The van der Waals surface area contributed by atoms with Crippen LogP contribution >= 0.6 is 0 Å². The Morgan fingerprint density at radius 3 is 2.71 bits per heavy atom. The van der Waals surface area contributed by atoms with Crippen LogP contribution in [0, 0.1) is 30.9 Å². The molecular formula is C15H20N4O2. The molecule has 0 atom stereocenters. The monoisotopic (exact) mass is 288 g/mol. The van der Waals surface area contributed by atoms with Crippen LogP contribution in [0.2, 0.25) is 0 Å². The maximum atomic E-state index is 11.1. The highest BCUT2D eigenvalue weighted by atomic mass is 16.6. The first-order valence-corrected chi connectivity index (χ1v) is 6.98. The first kappa shape index (κ1) is 15.0. The van der Waals surface area contributed by atoms with E-state index in [0.29, 0.717) is 17.8 Å². The van der Waals surface area contributed by atoms with Crippen LogP contribution in [-0.2, 0) is 6.54 Å². The summed E-state index contributed by atoms with van der Waals surface area (Å²) in [7, 11) is 0. The molecule has 1 aromatic heterocycles. The smallest absolute Gasteiger partial charge is 0.295 e. The second-order valence-corrected chi connectivity index (χ2v) is 5.16. The molecule has 1 heterocycles. The minimum absolute atomic E-state index is 0.156. The Bertz CT molecular complexity index is 649. The Kier molecular flexibility index (Phi) is 4.57. The number of aryl methyl sites for hydroxylation is 4. The lowest BCUT2D eigenvalue weighted by atomic mass is 10.1. The fourth-order valence-electron chi connectivity index (χ4n) is 2.40. The Labute approximate surface area is 123 Å². The molecule has 0 aliphatic heterocycles. The first-order valence-electron chi connectivity index (χ1n) is 6.98. The fourth-order valence-corrected chi connectivity index (χ4v) is 2.40. The first-order chi connectivity index (χ1) is 9.99. The van der Waals surface area contributed by atoms with E-state index in [1.807, 2.05) is 30.7 Å². The molecule has 0 saturated heterocycles. The van der Waals surface area contributed by atoms with Gasteiger partial charge in [0.2, 0.25) is 0 Å². The molecule has 112 valence electrons. The summed E-state index contributed by atoms with van der Waals surface area (Å²) < 4.78 is 1.96. The standard InChI is InChI=1S/C15H20N4O2/c1-11-6-4-7-14(15(11)19(20)21)16-8-5-9-18-13(3)10-12(2)17-18/h4,6-7,10,16H,5,8-9H2,1-3H3. The third kappa shape index (κ3) is 3.59. The molecule has 6 nitrogen and oxygen atoms in total. The van der Waals surface area contributed by atoms with E-state index in [1.165, 1.54) is 0 Å². The number of anilines is 1. The van der Waals surface area contributed by atoms with Gasteiger partial charge < -0.3 is 5.32 Å². The van der Waals surface area contributed by atoms with Crippen LogP contribution in [0.3, 0.4) is 0 Å². The second-order valence-electron chi connectivity index (χ2n) is 5.16. The predicted octanol–water partition coefficient (Wildman–Crippen LogP) is 3.22. The molecule has 0 fully saturated rings. The van der Waals surface area contributed by atoms with Crippen molar-refractivity contribution in [3.8, 4) is 0 Å². The summed E-state index contributed by atoms with van der Waals surface area (Å²) >= 11 is 0. The molecule has 2 aromatic rings. The highest BCUT2D eigenvalue weighted by Gasteiger charge is 2.15. The molecule has 21 heavy (non-hydrogen) atoms. The van der Waals surface area contributed by atoms with Gasteiger partial charge in [-0.15, -0.1) is 0 Å². The van der Waals surface area contributed by atoms with Gasteiger partial charge in [-0.2, -0.15) is 5.10 Å². The van der Waals surface area contributed by atoms with E-state index < -0.39 is 0 Å². The Hall–Kier alpha value is -2.37. The zero-order valence-corrected chi connectivity index (χ0v) is 12.6. The Morgan fingerprint density at radius 1 is 1.33 bits per heavy atom. The third-order valence-electron chi connectivity index (χ3n) is 3.39. The number of aromatic nitrogens is 2. The van der Waals surface area contributed by atoms with Crippen LogP contribution in [0.15, 0.2) is 24.3 Å². The largest absolute Gasteiger partial charge is 0.379 e. The normalized spacial score (nSPS) is 10.6. The van der Waals surface area contributed by atoms with E-state index in [4.69, 9.17) is 0 Å². The molecular weight excluding hydrogens is 268 g/mol. The van der Waals surface area contributed by atoms with Gasteiger partial charge >= 0.3 is 0 Å². The highest BCUT2D eigenvalue weighted by Crippen LogP contribution is 2.27. The van der Waals surface area contributed by atoms with Gasteiger partial charge in [-0.05, 0) is 39.3 Å². The van der Waals surface area contributed by atoms with Crippen molar-refractivity contribution in [2.75, 3.05) is 11.9 Å². The predicted molar refractivity (Wildman–Crippen MR) is 82.6 cm³/mol. The average molecular weight is 288 g/mol. The van der Waals surface area contributed by atoms with Gasteiger partial charge in [0.25, 0.3) is 5.69 Å². The van der Waals surface area contributed by atoms with Crippen molar-refractivity contribution in [3.05, 3.63) is 51.3 Å². The van der Waals surface area contributed by atoms with Crippen molar-refractivity contribution in [3.63, 3.8) is 0 Å². The molecule has 6 heteroatoms. The number of nitro groups is 1. The van der Waals surface area contributed by atoms with Gasteiger partial charge in [-0.25, -0.2) is 0 Å². The molecule has 0 amide bonds. The second kappa shape index (κ2) is 6.39. The van der Waals surface area contributed by atoms with Gasteiger partial charge in [0.05, 0.1) is 10.6 Å². The number of nitrogens with one attached hydrogen (secondary N) is 1. The van der Waals surface area contributed by atoms with Crippen molar-refractivity contribution in [2.45, 2.75) is 33.7 Å². The van der Waals surface area contributed by atoms with Gasteiger partial charge in [0.1, 0.15) is 5.69 Å². The molecule has 0 radical (unpaired) electrons. The summed E-state index contributed by atoms with van der Waals surface area (Å²) in [5, 5.41) is 18.6. The van der Waals surface area contributed by atoms with E-state index >= 15 is 0 Å². The number of para-hydroxylation sites is 1. The van der Waals surface area contributed by atoms with Crippen molar-refractivity contribution < 1.29 is 4.92 Å². The molecule has 0 bridgehead atoms. The zero-order valence-electron chi connectivity index (χ0n) is 12.6. The van der Waals surface area contributed by atoms with Crippen molar-refractivity contribution >= 4 is 11.4 Å². The van der Waals surface area contributed by atoms with Gasteiger partial charge in [-0.3, -0.25) is 14.8 Å². The van der Waals surface area contributed by atoms with Crippen molar-refractivity contribution in [1.29, 1.82) is 0 Å². The van der Waals surface area contributed by atoms with E-state index in [0.717, 1.165) is 24.4 Å². The van der Waals surface area contributed by atoms with Crippen molar-refractivity contribution in [2.24, 2.45) is 0 Å². The van der Waals surface area contributed by atoms with Crippen molar-refractivity contribution in [1.82, 2.24) is 9.78 Å². The summed E-state index contributed by atoms with van der Waals surface area (Å²) in [4.78, 5) is 10.8. The lowest BCUT2D eigenvalue weighted by molar-refractivity contribution is -0.384. The summed E-state index contributed by atoms with van der Waals surface area (Å²) in [5.74, 6) is 0. The average Bonchev–Trinajstić information content (AvgIpc) is 2.72. The minimum Gasteiger partial charge on any atom is -0.379 e. The molecule has 0 saturated carbocycles. The number of nitro benzene ring substituents is 1. The summed E-state index contributed by atoms with van der Waals surface area (Å²) in [5.41, 5.74) is 3.55. The summed E-state index contributed by atoms with van der Waals surface area (Å²) in [6.07, 6.45) is 0.854. The maximum Gasteiger partial charge on any atom is 0.295 e. The van der Waals surface area contributed by atoms with E-state index in [9.17, 15) is 10.1 Å². The van der Waals surface area contributed by atoms with Crippen LogP contribution in [0.4, 0.5) is 11.4 Å². The fraction of sp³-hybridized carbons (Fsp3) is 0.400. The number of hydrogen-bond donors (Lipinski definition) is 1. The van der Waals surface area contributed by atoms with E-state index in [-0.39, 0.29) is 10.6 Å². The van der Waals surface area contributed by atoms with Gasteiger partial charge in [-0.1, -0.05) is 12.1 Å². The SMILES string of the molecule is Cc1cc(C)n(CCCNc2cccc(C)c2[N+](=O)[O-])n1. The molecule has 0 spiro atoms. The molecule has 1 aromatic carbocycles. The van der Waals surface area contributed by atoms with Gasteiger partial charge in [0, 0.05) is 24.3 Å². The summed E-state index contributed by atoms with van der Waals surface area (Å²) in [6.45, 7) is 7.21. The quantitative estimate of drug-likeness (QED) is 0.503.